The third kappa shape index (κ3) is 4.49. The summed E-state index contributed by atoms with van der Waals surface area (Å²) in [5, 5.41) is 18.3. The van der Waals surface area contributed by atoms with Gasteiger partial charge in [-0.1, -0.05) is 0 Å². The second kappa shape index (κ2) is 5.66. The molecule has 0 bridgehead atoms. The zero-order valence-electron chi connectivity index (χ0n) is 10.5. The van der Waals surface area contributed by atoms with E-state index in [1.165, 1.54) is 4.90 Å². The first-order valence-corrected chi connectivity index (χ1v) is 5.72. The van der Waals surface area contributed by atoms with Crippen LogP contribution in [0.4, 0.5) is 4.79 Å². The maximum absolute atomic E-state index is 11.7. The van der Waals surface area contributed by atoms with Crippen LogP contribution in [0.5, 0.6) is 0 Å². The third-order valence-electron chi connectivity index (χ3n) is 2.31. The fourth-order valence-corrected chi connectivity index (χ4v) is 1.60. The Kier molecular flexibility index (Phi) is 4.73. The molecule has 0 aromatic heterocycles. The van der Waals surface area contributed by atoms with E-state index in [1.807, 2.05) is 0 Å². The van der Waals surface area contributed by atoms with Crippen LogP contribution in [0.15, 0.2) is 0 Å². The Balaban J connectivity index is 2.45. The van der Waals surface area contributed by atoms with E-state index >= 15 is 0 Å². The smallest absolute Gasteiger partial charge is 0.410 e. The van der Waals surface area contributed by atoms with Gasteiger partial charge < -0.3 is 24.6 Å². The minimum Gasteiger partial charge on any atom is -0.444 e. The monoisotopic (exact) mass is 247 g/mol. The fraction of sp³-hybridized carbons (Fsp3) is 0.909. The maximum Gasteiger partial charge on any atom is 0.410 e. The van der Waals surface area contributed by atoms with Gasteiger partial charge in [-0.05, 0) is 20.8 Å². The van der Waals surface area contributed by atoms with Crippen LogP contribution in [-0.2, 0) is 9.47 Å². The molecular weight excluding hydrogens is 226 g/mol. The van der Waals surface area contributed by atoms with Crippen molar-refractivity contribution in [1.29, 1.82) is 0 Å². The van der Waals surface area contributed by atoms with Gasteiger partial charge in [0, 0.05) is 0 Å². The molecule has 0 aliphatic carbocycles. The van der Waals surface area contributed by atoms with E-state index in [4.69, 9.17) is 14.6 Å². The summed E-state index contributed by atoms with van der Waals surface area (Å²) < 4.78 is 10.4. The molecule has 6 nitrogen and oxygen atoms in total. The number of carbonyl (C=O) groups is 1. The summed E-state index contributed by atoms with van der Waals surface area (Å²) in [4.78, 5) is 13.1. The number of rotatable bonds is 3. The second-order valence-corrected chi connectivity index (χ2v) is 5.09. The van der Waals surface area contributed by atoms with Crippen molar-refractivity contribution in [3.63, 3.8) is 0 Å². The average molecular weight is 247 g/mol. The molecule has 1 saturated heterocycles. The molecule has 0 unspecified atom stereocenters. The first-order chi connectivity index (χ1) is 7.83. The first kappa shape index (κ1) is 14.2. The van der Waals surface area contributed by atoms with Crippen molar-refractivity contribution in [2.75, 3.05) is 26.3 Å². The highest BCUT2D eigenvalue weighted by Crippen LogP contribution is 2.17. The van der Waals surface area contributed by atoms with Crippen LogP contribution >= 0.6 is 0 Å². The van der Waals surface area contributed by atoms with Crippen molar-refractivity contribution in [3.8, 4) is 0 Å². The SMILES string of the molecule is CC(C)(C)OC(=O)N1C[C@H](OCCO)[C@@H](O)C1. The zero-order valence-corrected chi connectivity index (χ0v) is 10.5. The molecule has 2 atom stereocenters. The number of likely N-dealkylation sites (tertiary alicyclic amines) is 1. The van der Waals surface area contributed by atoms with Crippen molar-refractivity contribution in [2.45, 2.75) is 38.6 Å². The van der Waals surface area contributed by atoms with Crippen molar-refractivity contribution < 1.29 is 24.5 Å². The van der Waals surface area contributed by atoms with E-state index in [9.17, 15) is 9.90 Å². The standard InChI is InChI=1S/C11H21NO5/c1-11(2,3)17-10(15)12-6-8(14)9(7-12)16-5-4-13/h8-9,13-14H,4-7H2,1-3H3/t8-,9-/m0/s1. The minimum absolute atomic E-state index is 0.102. The van der Waals surface area contributed by atoms with Crippen molar-refractivity contribution in [1.82, 2.24) is 4.90 Å². The summed E-state index contributed by atoms with van der Waals surface area (Å²) in [7, 11) is 0. The van der Waals surface area contributed by atoms with E-state index in [1.54, 1.807) is 20.8 Å². The van der Waals surface area contributed by atoms with Gasteiger partial charge in [0.25, 0.3) is 0 Å². The van der Waals surface area contributed by atoms with Crippen LogP contribution < -0.4 is 0 Å². The van der Waals surface area contributed by atoms with E-state index < -0.39 is 23.9 Å². The average Bonchev–Trinajstić information content (AvgIpc) is 2.54. The lowest BCUT2D eigenvalue weighted by Gasteiger charge is -2.24. The van der Waals surface area contributed by atoms with Crippen LogP contribution in [0.3, 0.4) is 0 Å². The number of ether oxygens (including phenoxy) is 2. The highest BCUT2D eigenvalue weighted by molar-refractivity contribution is 5.68. The Bertz CT molecular complexity index is 263. The second-order valence-electron chi connectivity index (χ2n) is 5.09. The Morgan fingerprint density at radius 1 is 1.41 bits per heavy atom. The predicted octanol–water partition coefficient (Wildman–Crippen LogP) is -0.0245. The number of β-amino-alcohol motifs (C(OH)–C–C–N with tert-alkyl or cyclic N) is 1. The van der Waals surface area contributed by atoms with Crippen molar-refractivity contribution in [3.05, 3.63) is 0 Å². The molecule has 100 valence electrons. The third-order valence-corrected chi connectivity index (χ3v) is 2.31. The molecular formula is C11H21NO5. The number of aliphatic hydroxyl groups is 2. The van der Waals surface area contributed by atoms with Crippen LogP contribution in [0, 0.1) is 0 Å². The van der Waals surface area contributed by atoms with Crippen molar-refractivity contribution in [2.24, 2.45) is 0 Å². The number of hydrogen-bond donors (Lipinski definition) is 2. The molecule has 0 aromatic carbocycles. The van der Waals surface area contributed by atoms with Gasteiger partial charge in [-0.3, -0.25) is 0 Å². The van der Waals surface area contributed by atoms with Crippen LogP contribution in [0.1, 0.15) is 20.8 Å². The molecule has 1 aliphatic heterocycles. The lowest BCUT2D eigenvalue weighted by molar-refractivity contribution is -0.0215. The summed E-state index contributed by atoms with van der Waals surface area (Å²) in [6, 6.07) is 0. The molecule has 0 aromatic rings. The summed E-state index contributed by atoms with van der Waals surface area (Å²) in [5.41, 5.74) is -0.550. The molecule has 2 N–H and O–H groups in total. The largest absolute Gasteiger partial charge is 0.444 e. The van der Waals surface area contributed by atoms with Crippen molar-refractivity contribution >= 4 is 6.09 Å². The highest BCUT2D eigenvalue weighted by atomic mass is 16.6. The van der Waals surface area contributed by atoms with Crippen LogP contribution in [0.25, 0.3) is 0 Å². The van der Waals surface area contributed by atoms with E-state index in [0.29, 0.717) is 0 Å². The Hall–Kier alpha value is -0.850. The minimum atomic E-state index is -0.728. The summed E-state index contributed by atoms with van der Waals surface area (Å²) in [6.45, 7) is 5.91. The molecule has 17 heavy (non-hydrogen) atoms. The van der Waals surface area contributed by atoms with E-state index in [0.717, 1.165) is 0 Å². The number of hydrogen-bond acceptors (Lipinski definition) is 5. The van der Waals surface area contributed by atoms with Crippen LogP contribution in [-0.4, -0.2) is 65.3 Å². The summed E-state index contributed by atoms with van der Waals surface area (Å²) >= 11 is 0. The van der Waals surface area contributed by atoms with Gasteiger partial charge in [0.15, 0.2) is 0 Å². The number of nitrogens with zero attached hydrogens (tertiary/aromatic N) is 1. The molecule has 0 saturated carbocycles. The lowest BCUT2D eigenvalue weighted by Crippen LogP contribution is -2.36. The molecule has 0 spiro atoms. The Morgan fingerprint density at radius 3 is 2.59 bits per heavy atom. The van der Waals surface area contributed by atoms with Gasteiger partial charge in [0.2, 0.25) is 0 Å². The fourth-order valence-electron chi connectivity index (χ4n) is 1.60. The van der Waals surface area contributed by atoms with Gasteiger partial charge in [-0.15, -0.1) is 0 Å². The first-order valence-electron chi connectivity index (χ1n) is 5.72. The summed E-state index contributed by atoms with van der Waals surface area (Å²) in [6.07, 6.45) is -1.63. The Labute approximate surface area is 101 Å². The molecule has 1 aliphatic rings. The highest BCUT2D eigenvalue weighted by Gasteiger charge is 2.36. The van der Waals surface area contributed by atoms with E-state index in [2.05, 4.69) is 0 Å². The maximum atomic E-state index is 11.7. The summed E-state index contributed by atoms with van der Waals surface area (Å²) in [5.74, 6) is 0. The number of amides is 1. The van der Waals surface area contributed by atoms with Gasteiger partial charge in [0.1, 0.15) is 11.7 Å². The van der Waals surface area contributed by atoms with Gasteiger partial charge in [0.05, 0.1) is 32.4 Å². The predicted molar refractivity (Wildman–Crippen MR) is 60.6 cm³/mol. The molecule has 1 amide bonds. The van der Waals surface area contributed by atoms with Crippen LogP contribution in [0.2, 0.25) is 0 Å². The quantitative estimate of drug-likeness (QED) is 0.732. The van der Waals surface area contributed by atoms with E-state index in [-0.39, 0.29) is 26.3 Å². The molecule has 1 fully saturated rings. The molecule has 6 heteroatoms. The number of aliphatic hydroxyl groups excluding tert-OH is 2. The van der Waals surface area contributed by atoms with Gasteiger partial charge >= 0.3 is 6.09 Å². The van der Waals surface area contributed by atoms with Gasteiger partial charge in [-0.25, -0.2) is 4.79 Å². The zero-order chi connectivity index (χ0) is 13.1. The molecule has 0 radical (unpaired) electrons. The normalized spacial score (nSPS) is 25.1. The molecule has 1 rings (SSSR count). The lowest BCUT2D eigenvalue weighted by atomic mass is 10.2. The van der Waals surface area contributed by atoms with Gasteiger partial charge in [-0.2, -0.15) is 0 Å². The topological polar surface area (TPSA) is 79.2 Å². The number of carbonyl (C=O) groups excluding carboxylic acids is 1. The molecule has 1 heterocycles. The Morgan fingerprint density at radius 2 is 2.06 bits per heavy atom.